The predicted octanol–water partition coefficient (Wildman–Crippen LogP) is 4.50. The van der Waals surface area contributed by atoms with Crippen LogP contribution in [0.15, 0.2) is 46.9 Å². The maximum Gasteiger partial charge on any atom is 0.266 e. The Kier molecular flexibility index (Phi) is 6.40. The standard InChI is InChI=1S/C23H27BrN2O3/c1-2-28-18-7-8-19(24)17(14-18)13-16-9-11-26(12-10-16)15-22-23(27)25-20-5-3-4-6-21(20)29-22/h3-8,14,16,22H,2,9-13,15H2,1H3,(H,25,27). The van der Waals surface area contributed by atoms with E-state index in [1.54, 1.807) is 0 Å². The molecule has 0 bridgehead atoms. The Bertz CT molecular complexity index is 865. The van der Waals surface area contributed by atoms with Crippen molar-refractivity contribution < 1.29 is 14.3 Å². The molecule has 1 fully saturated rings. The third kappa shape index (κ3) is 4.93. The number of amides is 1. The van der Waals surface area contributed by atoms with Crippen molar-refractivity contribution in [2.24, 2.45) is 5.92 Å². The van der Waals surface area contributed by atoms with Crippen molar-refractivity contribution in [3.8, 4) is 11.5 Å². The average molecular weight is 459 g/mol. The van der Waals surface area contributed by atoms with Gasteiger partial charge in [0.15, 0.2) is 6.10 Å². The zero-order valence-corrected chi connectivity index (χ0v) is 18.3. The minimum atomic E-state index is -0.446. The van der Waals surface area contributed by atoms with E-state index in [2.05, 4.69) is 38.3 Å². The van der Waals surface area contributed by atoms with E-state index in [0.29, 0.717) is 19.1 Å². The maximum absolute atomic E-state index is 12.4. The molecular formula is C23H27BrN2O3. The van der Waals surface area contributed by atoms with E-state index in [1.807, 2.05) is 37.3 Å². The second-order valence-corrected chi connectivity index (χ2v) is 8.58. The Morgan fingerprint density at radius 2 is 2.00 bits per heavy atom. The number of nitrogens with one attached hydrogen (secondary N) is 1. The van der Waals surface area contributed by atoms with Crippen LogP contribution in [0.1, 0.15) is 25.3 Å². The van der Waals surface area contributed by atoms with E-state index >= 15 is 0 Å². The second-order valence-electron chi connectivity index (χ2n) is 7.73. The topological polar surface area (TPSA) is 50.8 Å². The van der Waals surface area contributed by atoms with Gasteiger partial charge in [0, 0.05) is 11.0 Å². The van der Waals surface area contributed by atoms with Crippen LogP contribution < -0.4 is 14.8 Å². The van der Waals surface area contributed by atoms with Crippen LogP contribution >= 0.6 is 15.9 Å². The van der Waals surface area contributed by atoms with Crippen LogP contribution in [0.3, 0.4) is 0 Å². The highest BCUT2D eigenvalue weighted by molar-refractivity contribution is 9.10. The van der Waals surface area contributed by atoms with Gasteiger partial charge in [-0.05, 0) is 81.1 Å². The van der Waals surface area contributed by atoms with E-state index in [1.165, 1.54) is 5.56 Å². The molecule has 2 aliphatic rings. The van der Waals surface area contributed by atoms with Gasteiger partial charge in [-0.3, -0.25) is 9.69 Å². The SMILES string of the molecule is CCOc1ccc(Br)c(CC2CCN(CC3Oc4ccccc4NC3=O)CC2)c1. The highest BCUT2D eigenvalue weighted by Gasteiger charge is 2.30. The number of benzene rings is 2. The number of para-hydroxylation sites is 2. The molecule has 0 spiro atoms. The van der Waals surface area contributed by atoms with Gasteiger partial charge in [0.2, 0.25) is 0 Å². The number of rotatable bonds is 6. The fourth-order valence-corrected chi connectivity index (χ4v) is 4.50. The van der Waals surface area contributed by atoms with Gasteiger partial charge in [0.1, 0.15) is 11.5 Å². The van der Waals surface area contributed by atoms with Crippen LogP contribution in [-0.2, 0) is 11.2 Å². The molecule has 1 amide bonds. The Morgan fingerprint density at radius 1 is 1.21 bits per heavy atom. The van der Waals surface area contributed by atoms with Gasteiger partial charge in [-0.15, -0.1) is 0 Å². The molecule has 2 aromatic carbocycles. The van der Waals surface area contributed by atoms with Crippen molar-refractivity contribution in [1.82, 2.24) is 4.90 Å². The largest absolute Gasteiger partial charge is 0.494 e. The Labute approximate surface area is 180 Å². The molecule has 1 unspecified atom stereocenters. The summed E-state index contributed by atoms with van der Waals surface area (Å²) < 4.78 is 12.7. The summed E-state index contributed by atoms with van der Waals surface area (Å²) in [6.45, 7) is 5.30. The summed E-state index contributed by atoms with van der Waals surface area (Å²) in [6.07, 6.45) is 2.84. The van der Waals surface area contributed by atoms with Crippen molar-refractivity contribution in [3.63, 3.8) is 0 Å². The lowest BCUT2D eigenvalue weighted by Gasteiger charge is -2.35. The molecule has 2 aliphatic heterocycles. The summed E-state index contributed by atoms with van der Waals surface area (Å²) in [5.74, 6) is 2.28. The number of hydrogen-bond donors (Lipinski definition) is 1. The van der Waals surface area contributed by atoms with E-state index in [9.17, 15) is 4.79 Å². The molecule has 0 radical (unpaired) electrons. The predicted molar refractivity (Wildman–Crippen MR) is 118 cm³/mol. The van der Waals surface area contributed by atoms with Crippen LogP contribution in [0, 0.1) is 5.92 Å². The summed E-state index contributed by atoms with van der Waals surface area (Å²) in [5, 5.41) is 2.96. The summed E-state index contributed by atoms with van der Waals surface area (Å²) in [7, 11) is 0. The molecule has 5 nitrogen and oxygen atoms in total. The van der Waals surface area contributed by atoms with E-state index < -0.39 is 6.10 Å². The molecule has 154 valence electrons. The molecule has 0 aliphatic carbocycles. The third-order valence-electron chi connectivity index (χ3n) is 5.67. The number of hydrogen-bond acceptors (Lipinski definition) is 4. The average Bonchev–Trinajstić information content (AvgIpc) is 2.72. The molecule has 1 atom stereocenters. The van der Waals surface area contributed by atoms with Crippen LogP contribution in [-0.4, -0.2) is 43.2 Å². The van der Waals surface area contributed by atoms with Crippen molar-refractivity contribution in [2.45, 2.75) is 32.3 Å². The zero-order valence-electron chi connectivity index (χ0n) is 16.7. The lowest BCUT2D eigenvalue weighted by Crippen LogP contribution is -2.47. The van der Waals surface area contributed by atoms with Crippen LogP contribution in [0.2, 0.25) is 0 Å². The van der Waals surface area contributed by atoms with Gasteiger partial charge in [-0.2, -0.15) is 0 Å². The molecule has 2 heterocycles. The number of likely N-dealkylation sites (tertiary alicyclic amines) is 1. The monoisotopic (exact) mass is 458 g/mol. The zero-order chi connectivity index (χ0) is 20.2. The highest BCUT2D eigenvalue weighted by Crippen LogP contribution is 2.31. The summed E-state index contributed by atoms with van der Waals surface area (Å²) in [5.41, 5.74) is 2.06. The molecule has 4 rings (SSSR count). The summed E-state index contributed by atoms with van der Waals surface area (Å²) >= 11 is 3.68. The Balaban J connectivity index is 1.30. The number of halogens is 1. The lowest BCUT2D eigenvalue weighted by molar-refractivity contribution is -0.124. The van der Waals surface area contributed by atoms with Crippen molar-refractivity contribution in [3.05, 3.63) is 52.5 Å². The van der Waals surface area contributed by atoms with Gasteiger partial charge in [0.25, 0.3) is 5.91 Å². The molecule has 6 heteroatoms. The van der Waals surface area contributed by atoms with Gasteiger partial charge >= 0.3 is 0 Å². The van der Waals surface area contributed by atoms with Gasteiger partial charge in [-0.25, -0.2) is 0 Å². The Hall–Kier alpha value is -2.05. The number of piperidine rings is 1. The number of ether oxygens (including phenoxy) is 2. The van der Waals surface area contributed by atoms with Crippen LogP contribution in [0.4, 0.5) is 5.69 Å². The fourth-order valence-electron chi connectivity index (χ4n) is 4.10. The first kappa shape index (κ1) is 20.2. The van der Waals surface area contributed by atoms with Gasteiger partial charge in [0.05, 0.1) is 12.3 Å². The quantitative estimate of drug-likeness (QED) is 0.691. The first-order valence-electron chi connectivity index (χ1n) is 10.3. The van der Waals surface area contributed by atoms with E-state index in [4.69, 9.17) is 9.47 Å². The van der Waals surface area contributed by atoms with Crippen molar-refractivity contribution >= 4 is 27.5 Å². The van der Waals surface area contributed by atoms with Crippen LogP contribution in [0.5, 0.6) is 11.5 Å². The van der Waals surface area contributed by atoms with Crippen LogP contribution in [0.25, 0.3) is 0 Å². The number of anilines is 1. The first-order valence-corrected chi connectivity index (χ1v) is 11.1. The number of carbonyl (C=O) groups excluding carboxylic acids is 1. The third-order valence-corrected chi connectivity index (χ3v) is 6.45. The highest BCUT2D eigenvalue weighted by atomic mass is 79.9. The summed E-state index contributed by atoms with van der Waals surface area (Å²) in [4.78, 5) is 14.7. The molecule has 0 aromatic heterocycles. The molecule has 0 saturated carbocycles. The molecule has 2 aromatic rings. The molecule has 29 heavy (non-hydrogen) atoms. The number of carbonyl (C=O) groups is 1. The van der Waals surface area contributed by atoms with Crippen molar-refractivity contribution in [1.29, 1.82) is 0 Å². The number of fused-ring (bicyclic) bond motifs is 1. The van der Waals surface area contributed by atoms with E-state index in [0.717, 1.165) is 54.0 Å². The molecular weight excluding hydrogens is 432 g/mol. The first-order chi connectivity index (χ1) is 14.1. The maximum atomic E-state index is 12.4. The second kappa shape index (κ2) is 9.18. The Morgan fingerprint density at radius 3 is 2.79 bits per heavy atom. The number of nitrogens with zero attached hydrogens (tertiary/aromatic N) is 1. The lowest BCUT2D eigenvalue weighted by atomic mass is 9.90. The van der Waals surface area contributed by atoms with Crippen molar-refractivity contribution in [2.75, 3.05) is 31.6 Å². The normalized spacial score (nSPS) is 19.9. The fraction of sp³-hybridized carbons (Fsp3) is 0.435. The molecule has 1 saturated heterocycles. The van der Waals surface area contributed by atoms with Gasteiger partial charge in [-0.1, -0.05) is 28.1 Å². The summed E-state index contributed by atoms with van der Waals surface area (Å²) in [6, 6.07) is 13.8. The molecule has 1 N–H and O–H groups in total. The minimum absolute atomic E-state index is 0.0532. The van der Waals surface area contributed by atoms with E-state index in [-0.39, 0.29) is 5.91 Å². The smallest absolute Gasteiger partial charge is 0.266 e. The van der Waals surface area contributed by atoms with Gasteiger partial charge < -0.3 is 14.8 Å². The minimum Gasteiger partial charge on any atom is -0.494 e.